The minimum Gasteiger partial charge on any atom is -0.504 e. The Hall–Kier alpha value is -5.46. The third-order valence-electron chi connectivity index (χ3n) is 7.80. The van der Waals surface area contributed by atoms with Crippen LogP contribution in [-0.2, 0) is 22.3 Å². The van der Waals surface area contributed by atoms with Crippen molar-refractivity contribution in [3.63, 3.8) is 0 Å². The van der Waals surface area contributed by atoms with E-state index in [-0.39, 0.29) is 27.9 Å². The van der Waals surface area contributed by atoms with Gasteiger partial charge in [0.1, 0.15) is 37.5 Å². The number of fused-ring (bicyclic) bond motifs is 1. The van der Waals surface area contributed by atoms with Gasteiger partial charge in [0.05, 0.1) is 28.6 Å². The van der Waals surface area contributed by atoms with Crippen LogP contribution in [0, 0.1) is 6.92 Å². The number of nitrogens with one attached hydrogen (secondary N) is 5. The topological polar surface area (TPSA) is 191 Å². The van der Waals surface area contributed by atoms with Gasteiger partial charge in [-0.25, -0.2) is 15.0 Å². The van der Waals surface area contributed by atoms with Crippen LogP contribution in [0.5, 0.6) is 17.2 Å². The summed E-state index contributed by atoms with van der Waals surface area (Å²) in [6.07, 6.45) is -0.767. The number of ether oxygens (including phenoxy) is 2. The molecule has 19 heteroatoms. The Labute approximate surface area is 335 Å². The first-order valence-corrected chi connectivity index (χ1v) is 18.6. The predicted molar refractivity (Wildman–Crippen MR) is 212 cm³/mol. The van der Waals surface area contributed by atoms with Crippen molar-refractivity contribution in [3.05, 3.63) is 81.7 Å². The molecular weight excluding hydrogens is 771 g/mol. The Balaban J connectivity index is 0.000000802. The van der Waals surface area contributed by atoms with E-state index in [2.05, 4.69) is 48.4 Å². The lowest BCUT2D eigenvalue weighted by molar-refractivity contribution is -0.137. The molecule has 2 heterocycles. The average molecular weight is 822 g/mol. The Bertz CT molecular complexity index is 1810. The summed E-state index contributed by atoms with van der Waals surface area (Å²) in [5.41, 5.74) is 1.25. The molecule has 0 aliphatic carbocycles. The second-order valence-electron chi connectivity index (χ2n) is 11.8. The number of aldehydes is 1. The van der Waals surface area contributed by atoms with E-state index in [9.17, 15) is 27.6 Å². The maximum atomic E-state index is 13.6. The minimum absolute atomic E-state index is 0.0347. The summed E-state index contributed by atoms with van der Waals surface area (Å²) in [5, 5.41) is 28.6. The molecule has 312 valence electrons. The number of hydrogen-bond donors (Lipinski definition) is 6. The van der Waals surface area contributed by atoms with Crippen molar-refractivity contribution in [2.24, 2.45) is 5.10 Å². The van der Waals surface area contributed by atoms with E-state index in [0.717, 1.165) is 42.1 Å². The number of aryl methyl sites for hydroxylation is 1. The molecule has 0 saturated heterocycles. The highest BCUT2D eigenvalue weighted by Crippen LogP contribution is 2.34. The zero-order chi connectivity index (χ0) is 42.4. The number of amides is 2. The fourth-order valence-corrected chi connectivity index (χ4v) is 5.15. The molecule has 0 unspecified atom stereocenters. The van der Waals surface area contributed by atoms with Gasteiger partial charge in [-0.05, 0) is 75.7 Å². The zero-order valence-corrected chi connectivity index (χ0v) is 33.4. The standard InChI is InChI=1S/C30H39ClF3N7O4.C6H6N2O2.C2H6/c1-4-23(39-19-37-17-20-7-10-25-26(15-20)45-14-13-44-25)28(38-12-6-5-11-35-2)29(43)41(36-3)18-27(42)40-24-9-8-21(16-22(24)31)30(32,33)34;1-4-6(10)5(2-9)8-3-7-4;1-2/h7-10,15-16,35,37-39H,3-6,11-14,17-19H2,1-2H3,(H,40,42);2-3,10H,1H3;1-2H3/b28-23+;;. The summed E-state index contributed by atoms with van der Waals surface area (Å²) in [6, 6.07) is 8.28. The van der Waals surface area contributed by atoms with Crippen LogP contribution >= 0.6 is 11.6 Å². The molecule has 2 aromatic carbocycles. The molecule has 0 atom stereocenters. The van der Waals surface area contributed by atoms with Gasteiger partial charge in [0.15, 0.2) is 23.5 Å². The summed E-state index contributed by atoms with van der Waals surface area (Å²) in [6.45, 7) is 13.5. The van der Waals surface area contributed by atoms with Crippen LogP contribution in [-0.4, -0.2) is 91.5 Å². The van der Waals surface area contributed by atoms with E-state index in [4.69, 9.17) is 26.2 Å². The molecule has 1 aliphatic heterocycles. The number of hydrazone groups is 1. The molecule has 0 saturated carbocycles. The number of carbonyl (C=O) groups is 3. The molecule has 3 aromatic rings. The molecule has 0 radical (unpaired) electrons. The van der Waals surface area contributed by atoms with Crippen molar-refractivity contribution in [2.75, 3.05) is 51.9 Å². The molecule has 1 aliphatic rings. The quantitative estimate of drug-likeness (QED) is 0.0240. The van der Waals surface area contributed by atoms with Gasteiger partial charge in [-0.1, -0.05) is 38.4 Å². The highest BCUT2D eigenvalue weighted by molar-refractivity contribution is 6.33. The molecule has 15 nitrogen and oxygen atoms in total. The van der Waals surface area contributed by atoms with Crippen molar-refractivity contribution < 1.29 is 42.1 Å². The van der Waals surface area contributed by atoms with E-state index in [1.54, 1.807) is 6.92 Å². The molecule has 0 bridgehead atoms. The Morgan fingerprint density at radius 3 is 2.37 bits per heavy atom. The summed E-state index contributed by atoms with van der Waals surface area (Å²) >= 11 is 5.97. The average Bonchev–Trinajstić information content (AvgIpc) is 3.21. The van der Waals surface area contributed by atoms with Crippen LogP contribution in [0.15, 0.2) is 59.2 Å². The van der Waals surface area contributed by atoms with Gasteiger partial charge in [-0.3, -0.25) is 19.7 Å². The normalized spacial score (nSPS) is 12.0. The predicted octanol–water partition coefficient (Wildman–Crippen LogP) is 5.39. The first kappa shape index (κ1) is 47.7. The summed E-state index contributed by atoms with van der Waals surface area (Å²) < 4.78 is 50.1. The highest BCUT2D eigenvalue weighted by Gasteiger charge is 2.31. The Morgan fingerprint density at radius 2 is 1.75 bits per heavy atom. The molecule has 1 aromatic heterocycles. The molecule has 57 heavy (non-hydrogen) atoms. The number of aromatic nitrogens is 2. The monoisotopic (exact) mass is 821 g/mol. The van der Waals surface area contributed by atoms with Crippen molar-refractivity contribution in [3.8, 4) is 17.2 Å². The second-order valence-corrected chi connectivity index (χ2v) is 12.2. The van der Waals surface area contributed by atoms with Crippen molar-refractivity contribution in [1.29, 1.82) is 0 Å². The number of anilines is 1. The maximum Gasteiger partial charge on any atom is 0.416 e. The van der Waals surface area contributed by atoms with Crippen LogP contribution in [0.4, 0.5) is 18.9 Å². The molecule has 0 fully saturated rings. The lowest BCUT2D eigenvalue weighted by Gasteiger charge is -2.23. The number of unbranched alkanes of at least 4 members (excludes halogenated alkanes) is 1. The smallest absolute Gasteiger partial charge is 0.416 e. The SMILES string of the molecule is C=NN(CC(=O)Nc1ccc(C(F)(F)F)cc1Cl)C(=O)/C(NCCCCNC)=C(/CC)NCNCc1ccc2c(c1)OCCO2.CC.Cc1ncnc(C=O)c1O. The number of rotatable bonds is 18. The van der Waals surface area contributed by atoms with Crippen molar-refractivity contribution in [2.45, 2.75) is 59.7 Å². The first-order valence-electron chi connectivity index (χ1n) is 18.2. The molecule has 4 rings (SSSR count). The van der Waals surface area contributed by atoms with E-state index < -0.39 is 30.1 Å². The fraction of sp³-hybridized carbons (Fsp3) is 0.421. The van der Waals surface area contributed by atoms with Crippen molar-refractivity contribution in [1.82, 2.24) is 36.2 Å². The molecule has 6 N–H and O–H groups in total. The number of aromatic hydroxyl groups is 1. The van der Waals surface area contributed by atoms with Gasteiger partial charge in [-0.2, -0.15) is 18.3 Å². The van der Waals surface area contributed by atoms with Gasteiger partial charge in [-0.15, -0.1) is 0 Å². The lowest BCUT2D eigenvalue weighted by atomic mass is 10.2. The van der Waals surface area contributed by atoms with Gasteiger partial charge < -0.3 is 35.8 Å². The first-order chi connectivity index (χ1) is 27.3. The van der Waals surface area contributed by atoms with E-state index >= 15 is 0 Å². The van der Waals surface area contributed by atoms with E-state index in [0.29, 0.717) is 74.6 Å². The maximum absolute atomic E-state index is 13.6. The van der Waals surface area contributed by atoms with Gasteiger partial charge in [0, 0.05) is 25.5 Å². The number of hydrogen-bond acceptors (Lipinski definition) is 13. The number of halogens is 4. The number of benzene rings is 2. The third kappa shape index (κ3) is 15.5. The fourth-order valence-electron chi connectivity index (χ4n) is 4.92. The number of carbonyl (C=O) groups excluding carboxylic acids is 3. The van der Waals surface area contributed by atoms with Crippen LogP contribution in [0.1, 0.15) is 67.3 Å². The van der Waals surface area contributed by atoms with Crippen LogP contribution in [0.25, 0.3) is 0 Å². The Kier molecular flexibility index (Phi) is 20.9. The number of nitrogens with zero attached hydrogens (tertiary/aromatic N) is 4. The van der Waals surface area contributed by atoms with E-state index in [1.165, 1.54) is 6.33 Å². The van der Waals surface area contributed by atoms with Crippen LogP contribution in [0.2, 0.25) is 5.02 Å². The molecule has 0 spiro atoms. The van der Waals surface area contributed by atoms with Gasteiger partial charge in [0.2, 0.25) is 5.91 Å². The second kappa shape index (κ2) is 24.9. The highest BCUT2D eigenvalue weighted by atomic mass is 35.5. The molecule has 2 amide bonds. The van der Waals surface area contributed by atoms with Crippen LogP contribution < -0.4 is 36.1 Å². The van der Waals surface area contributed by atoms with Crippen LogP contribution in [0.3, 0.4) is 0 Å². The summed E-state index contributed by atoms with van der Waals surface area (Å²) in [4.78, 5) is 43.8. The van der Waals surface area contributed by atoms with E-state index in [1.807, 2.05) is 46.0 Å². The zero-order valence-electron chi connectivity index (χ0n) is 32.7. The van der Waals surface area contributed by atoms with Crippen molar-refractivity contribution >= 4 is 42.1 Å². The number of alkyl halides is 3. The molecular formula is C38H51ClF3N9O6. The summed E-state index contributed by atoms with van der Waals surface area (Å²) in [5.74, 6) is -0.0710. The third-order valence-corrected chi connectivity index (χ3v) is 8.11. The largest absolute Gasteiger partial charge is 0.504 e. The summed E-state index contributed by atoms with van der Waals surface area (Å²) in [7, 11) is 1.86. The van der Waals surface area contributed by atoms with Gasteiger partial charge >= 0.3 is 6.18 Å². The lowest BCUT2D eigenvalue weighted by Crippen LogP contribution is -2.41. The Morgan fingerprint density at radius 1 is 1.05 bits per heavy atom. The number of allylic oxidation sites excluding steroid dienone is 1. The minimum atomic E-state index is -4.59. The van der Waals surface area contributed by atoms with Gasteiger partial charge in [0.25, 0.3) is 5.91 Å².